The Morgan fingerprint density at radius 1 is 1.33 bits per heavy atom. The highest BCUT2D eigenvalue weighted by Crippen LogP contribution is 2.32. The summed E-state index contributed by atoms with van der Waals surface area (Å²) in [4.78, 5) is 27.4. The van der Waals surface area contributed by atoms with Crippen LogP contribution in [-0.4, -0.2) is 48.9 Å². The van der Waals surface area contributed by atoms with E-state index in [1.807, 2.05) is 18.2 Å². The molecule has 1 aromatic heterocycles. The monoisotopic (exact) mass is 389 g/mol. The van der Waals surface area contributed by atoms with Crippen LogP contribution in [0.3, 0.4) is 0 Å². The third-order valence-electron chi connectivity index (χ3n) is 4.34. The zero-order valence-corrected chi connectivity index (χ0v) is 15.6. The third-order valence-corrected chi connectivity index (χ3v) is 5.40. The van der Waals surface area contributed by atoms with E-state index >= 15 is 0 Å². The number of ether oxygens (including phenoxy) is 2. The van der Waals surface area contributed by atoms with Crippen LogP contribution >= 0.6 is 11.3 Å². The maximum Gasteiger partial charge on any atom is 0.239 e. The third kappa shape index (κ3) is 3.80. The number of fused-ring (bicyclic) bond motifs is 1. The summed E-state index contributed by atoms with van der Waals surface area (Å²) >= 11 is 1.31. The maximum absolute atomic E-state index is 12.2. The molecule has 0 aliphatic carbocycles. The molecule has 1 saturated heterocycles. The first-order valence-corrected chi connectivity index (χ1v) is 9.42. The molecule has 1 aromatic carbocycles. The molecule has 142 valence electrons. The zero-order chi connectivity index (χ0) is 18.8. The van der Waals surface area contributed by atoms with Gasteiger partial charge in [-0.05, 0) is 24.1 Å². The number of hydrogen-bond acceptors (Lipinski definition) is 8. The number of hydrogen-bond donors (Lipinski definition) is 1. The SMILES string of the molecule is CN(CC(=O)NCc1ccc2c(c1)OCO2)c1nnc(N2CCCC2=O)s1. The number of rotatable bonds is 6. The molecule has 1 N–H and O–H groups in total. The molecular weight excluding hydrogens is 370 g/mol. The van der Waals surface area contributed by atoms with Crippen molar-refractivity contribution in [1.82, 2.24) is 15.5 Å². The molecule has 0 unspecified atom stereocenters. The van der Waals surface area contributed by atoms with Crippen LogP contribution < -0.4 is 24.6 Å². The number of amides is 2. The lowest BCUT2D eigenvalue weighted by Crippen LogP contribution is -2.34. The lowest BCUT2D eigenvalue weighted by molar-refractivity contribution is -0.120. The van der Waals surface area contributed by atoms with E-state index in [1.165, 1.54) is 11.3 Å². The van der Waals surface area contributed by atoms with Crippen LogP contribution in [0.15, 0.2) is 18.2 Å². The van der Waals surface area contributed by atoms with Gasteiger partial charge >= 0.3 is 0 Å². The predicted octanol–water partition coefficient (Wildman–Crippen LogP) is 1.15. The van der Waals surface area contributed by atoms with Crippen LogP contribution in [0, 0.1) is 0 Å². The summed E-state index contributed by atoms with van der Waals surface area (Å²) in [6.07, 6.45) is 1.39. The van der Waals surface area contributed by atoms with Gasteiger partial charge in [-0.1, -0.05) is 17.4 Å². The molecule has 0 radical (unpaired) electrons. The molecule has 2 aliphatic rings. The minimum absolute atomic E-state index is 0.0711. The Morgan fingerprint density at radius 2 is 2.19 bits per heavy atom. The van der Waals surface area contributed by atoms with Gasteiger partial charge in [0, 0.05) is 26.6 Å². The number of aromatic nitrogens is 2. The number of carbonyl (C=O) groups is 2. The summed E-state index contributed by atoms with van der Waals surface area (Å²) < 4.78 is 10.6. The molecule has 2 amide bonds. The van der Waals surface area contributed by atoms with E-state index in [1.54, 1.807) is 16.8 Å². The molecule has 0 saturated carbocycles. The Bertz CT molecular complexity index is 871. The van der Waals surface area contributed by atoms with Crippen molar-refractivity contribution >= 4 is 33.4 Å². The van der Waals surface area contributed by atoms with E-state index in [9.17, 15) is 9.59 Å². The zero-order valence-electron chi connectivity index (χ0n) is 14.8. The van der Waals surface area contributed by atoms with Crippen molar-refractivity contribution < 1.29 is 19.1 Å². The summed E-state index contributed by atoms with van der Waals surface area (Å²) in [5, 5.41) is 12.2. The van der Waals surface area contributed by atoms with E-state index < -0.39 is 0 Å². The second-order valence-electron chi connectivity index (χ2n) is 6.34. The molecule has 9 nitrogen and oxygen atoms in total. The van der Waals surface area contributed by atoms with Crippen LogP contribution in [0.2, 0.25) is 0 Å². The van der Waals surface area contributed by atoms with Gasteiger partial charge in [-0.25, -0.2) is 0 Å². The van der Waals surface area contributed by atoms with Crippen molar-refractivity contribution in [1.29, 1.82) is 0 Å². The Kier molecular flexibility index (Phi) is 4.80. The molecule has 10 heteroatoms. The highest BCUT2D eigenvalue weighted by Gasteiger charge is 2.25. The van der Waals surface area contributed by atoms with Gasteiger partial charge in [-0.2, -0.15) is 0 Å². The quantitative estimate of drug-likeness (QED) is 0.791. The highest BCUT2D eigenvalue weighted by atomic mass is 32.1. The highest BCUT2D eigenvalue weighted by molar-refractivity contribution is 7.19. The van der Waals surface area contributed by atoms with Gasteiger partial charge in [0.25, 0.3) is 0 Å². The summed E-state index contributed by atoms with van der Waals surface area (Å²) in [6.45, 7) is 1.44. The van der Waals surface area contributed by atoms with Crippen molar-refractivity contribution in [3.8, 4) is 11.5 Å². The minimum Gasteiger partial charge on any atom is -0.454 e. The van der Waals surface area contributed by atoms with Gasteiger partial charge in [0.05, 0.1) is 6.54 Å². The fourth-order valence-corrected chi connectivity index (χ4v) is 3.76. The van der Waals surface area contributed by atoms with Crippen LogP contribution in [0.4, 0.5) is 10.3 Å². The lowest BCUT2D eigenvalue weighted by atomic mass is 10.2. The van der Waals surface area contributed by atoms with E-state index in [0.717, 1.165) is 12.0 Å². The lowest BCUT2D eigenvalue weighted by Gasteiger charge is -2.15. The van der Waals surface area contributed by atoms with Crippen molar-refractivity contribution in [3.05, 3.63) is 23.8 Å². The predicted molar refractivity (Wildman–Crippen MR) is 99.2 cm³/mol. The number of anilines is 2. The fourth-order valence-electron chi connectivity index (χ4n) is 2.91. The summed E-state index contributed by atoms with van der Waals surface area (Å²) in [6, 6.07) is 5.58. The van der Waals surface area contributed by atoms with Gasteiger partial charge in [0.15, 0.2) is 11.5 Å². The second-order valence-corrected chi connectivity index (χ2v) is 7.27. The van der Waals surface area contributed by atoms with Crippen molar-refractivity contribution in [2.45, 2.75) is 19.4 Å². The Morgan fingerprint density at radius 3 is 3.00 bits per heavy atom. The van der Waals surface area contributed by atoms with E-state index in [-0.39, 0.29) is 25.2 Å². The van der Waals surface area contributed by atoms with E-state index in [0.29, 0.717) is 41.3 Å². The standard InChI is InChI=1S/C17H19N5O4S/c1-21(16-19-20-17(27-16)22-6-2-3-15(22)24)9-14(23)18-8-11-4-5-12-13(7-11)26-10-25-12/h4-5,7H,2-3,6,8-10H2,1H3,(H,18,23). The normalized spacial score (nSPS) is 15.3. The van der Waals surface area contributed by atoms with Crippen molar-refractivity contribution in [2.75, 3.05) is 36.7 Å². The molecule has 0 spiro atoms. The number of carbonyl (C=O) groups excluding carboxylic acids is 2. The molecule has 27 heavy (non-hydrogen) atoms. The maximum atomic E-state index is 12.2. The second kappa shape index (κ2) is 7.39. The first-order chi connectivity index (χ1) is 13.1. The average Bonchev–Trinajstić information content (AvgIpc) is 3.39. The smallest absolute Gasteiger partial charge is 0.239 e. The summed E-state index contributed by atoms with van der Waals surface area (Å²) in [7, 11) is 1.77. The molecular formula is C17H19N5O4S. The molecule has 0 atom stereocenters. The van der Waals surface area contributed by atoms with Gasteiger partial charge in [0.2, 0.25) is 28.9 Å². The largest absolute Gasteiger partial charge is 0.454 e. The fraction of sp³-hybridized carbons (Fsp3) is 0.412. The minimum atomic E-state index is -0.135. The van der Waals surface area contributed by atoms with E-state index in [4.69, 9.17) is 9.47 Å². The van der Waals surface area contributed by atoms with Gasteiger partial charge in [0.1, 0.15) is 0 Å². The van der Waals surface area contributed by atoms with Gasteiger partial charge in [-0.3, -0.25) is 14.5 Å². The Balaban J connectivity index is 1.30. The number of benzene rings is 1. The molecule has 1 fully saturated rings. The van der Waals surface area contributed by atoms with Crippen LogP contribution in [-0.2, 0) is 16.1 Å². The number of likely N-dealkylation sites (N-methyl/N-ethyl adjacent to an activating group) is 1. The van der Waals surface area contributed by atoms with E-state index in [2.05, 4.69) is 15.5 Å². The molecule has 2 aromatic rings. The molecule has 4 rings (SSSR count). The topological polar surface area (TPSA) is 96.9 Å². The molecule has 0 bridgehead atoms. The Labute approximate surface area is 159 Å². The summed E-state index contributed by atoms with van der Waals surface area (Å²) in [5.41, 5.74) is 0.931. The molecule has 2 aliphatic heterocycles. The van der Waals surface area contributed by atoms with Gasteiger partial charge in [-0.15, -0.1) is 10.2 Å². The average molecular weight is 389 g/mol. The first kappa shape index (κ1) is 17.5. The summed E-state index contributed by atoms with van der Waals surface area (Å²) in [5.74, 6) is 1.34. The van der Waals surface area contributed by atoms with Gasteiger partial charge < -0.3 is 19.7 Å². The van der Waals surface area contributed by atoms with Crippen LogP contribution in [0.5, 0.6) is 11.5 Å². The van der Waals surface area contributed by atoms with Crippen molar-refractivity contribution in [3.63, 3.8) is 0 Å². The Hall–Kier alpha value is -2.88. The van der Waals surface area contributed by atoms with Crippen LogP contribution in [0.1, 0.15) is 18.4 Å². The number of nitrogens with one attached hydrogen (secondary N) is 1. The van der Waals surface area contributed by atoms with Crippen molar-refractivity contribution in [2.24, 2.45) is 0 Å². The van der Waals surface area contributed by atoms with Crippen LogP contribution in [0.25, 0.3) is 0 Å². The molecule has 3 heterocycles. The number of nitrogens with zero attached hydrogens (tertiary/aromatic N) is 4. The first-order valence-electron chi connectivity index (χ1n) is 8.60.